The lowest BCUT2D eigenvalue weighted by Gasteiger charge is -2.33. The number of anilines is 1. The maximum atomic E-state index is 14.1. The van der Waals surface area contributed by atoms with E-state index in [1.807, 2.05) is 72.4 Å². The largest absolute Gasteiger partial charge is 0.457 e. The predicted molar refractivity (Wildman–Crippen MR) is 169 cm³/mol. The molecule has 2 N–H and O–H groups in total. The average Bonchev–Trinajstić information content (AvgIpc) is 3.35. The van der Waals surface area contributed by atoms with E-state index in [1.54, 1.807) is 26.3 Å². The van der Waals surface area contributed by atoms with Gasteiger partial charge in [-0.15, -0.1) is 0 Å². The number of nitrogens with two attached hydrogens (primary N) is 1. The number of aromatic nitrogens is 3. The van der Waals surface area contributed by atoms with Gasteiger partial charge in [0.25, 0.3) is 5.91 Å². The highest BCUT2D eigenvalue weighted by Crippen LogP contribution is 2.31. The van der Waals surface area contributed by atoms with Crippen molar-refractivity contribution >= 4 is 34.5 Å². The van der Waals surface area contributed by atoms with E-state index in [9.17, 15) is 14.9 Å². The van der Waals surface area contributed by atoms with Gasteiger partial charge >= 0.3 is 5.69 Å². The highest BCUT2D eigenvalue weighted by Gasteiger charge is 2.30. The molecule has 0 spiro atoms. The van der Waals surface area contributed by atoms with E-state index >= 15 is 0 Å². The van der Waals surface area contributed by atoms with Crippen molar-refractivity contribution in [3.05, 3.63) is 89.0 Å². The fraction of sp³-hybridized carbons (Fsp3) is 0.333. The van der Waals surface area contributed by atoms with Gasteiger partial charge in [0.15, 0.2) is 0 Å². The molecule has 1 amide bonds. The van der Waals surface area contributed by atoms with Crippen LogP contribution in [0.1, 0.15) is 38.1 Å². The first-order chi connectivity index (χ1) is 21.0. The lowest BCUT2D eigenvalue weighted by molar-refractivity contribution is -0.128. The maximum Gasteiger partial charge on any atom is 0.334 e. The summed E-state index contributed by atoms with van der Waals surface area (Å²) in [4.78, 5) is 33.6. The quantitative estimate of drug-likeness (QED) is 0.215. The van der Waals surface area contributed by atoms with Crippen molar-refractivity contribution in [2.75, 3.05) is 30.3 Å². The second kappa shape index (κ2) is 12.8. The molecular weight excluding hydrogens is 560 g/mol. The van der Waals surface area contributed by atoms with E-state index in [4.69, 9.17) is 10.5 Å². The number of ether oxygens (including phenoxy) is 1. The van der Waals surface area contributed by atoms with E-state index in [0.29, 0.717) is 41.5 Å². The van der Waals surface area contributed by atoms with E-state index in [2.05, 4.69) is 11.1 Å². The van der Waals surface area contributed by atoms with Gasteiger partial charge in [-0.05, 0) is 92.0 Å². The van der Waals surface area contributed by atoms with Crippen LogP contribution in [0.25, 0.3) is 16.7 Å². The van der Waals surface area contributed by atoms with Crippen LogP contribution in [0.4, 0.5) is 5.82 Å². The molecule has 10 heteroatoms. The number of thioether (sulfide) groups is 1. The third-order valence-electron chi connectivity index (χ3n) is 8.28. The molecule has 2 aromatic heterocycles. The maximum absolute atomic E-state index is 14.1. The molecular formula is C33H34N6O3S. The van der Waals surface area contributed by atoms with Gasteiger partial charge in [0.1, 0.15) is 34.5 Å². The fourth-order valence-corrected chi connectivity index (χ4v) is 7.24. The van der Waals surface area contributed by atoms with Crippen molar-refractivity contribution in [1.82, 2.24) is 19.0 Å². The molecule has 9 nitrogen and oxygen atoms in total. The van der Waals surface area contributed by atoms with Crippen molar-refractivity contribution in [3.63, 3.8) is 0 Å². The molecule has 220 valence electrons. The van der Waals surface area contributed by atoms with Crippen LogP contribution >= 0.6 is 11.8 Å². The smallest absolute Gasteiger partial charge is 0.334 e. The first-order valence-electron chi connectivity index (χ1n) is 14.7. The number of likely N-dealkylation sites (tertiary alicyclic amines) is 1. The Hall–Kier alpha value is -4.49. The van der Waals surface area contributed by atoms with Crippen molar-refractivity contribution in [2.45, 2.75) is 38.1 Å². The molecule has 2 aliphatic rings. The molecule has 0 saturated carbocycles. The number of piperidine rings is 1. The van der Waals surface area contributed by atoms with Crippen molar-refractivity contribution in [2.24, 2.45) is 5.92 Å². The Bertz CT molecular complexity index is 1730. The van der Waals surface area contributed by atoms with E-state index < -0.39 is 0 Å². The number of para-hydroxylation sites is 1. The fourth-order valence-electron chi connectivity index (χ4n) is 6.04. The number of fused-ring (bicyclic) bond motifs is 1. The second-order valence-corrected chi connectivity index (χ2v) is 12.3. The number of carbonyl (C=O) groups excluding carboxylic acids is 1. The Morgan fingerprint density at radius 3 is 2.56 bits per heavy atom. The Morgan fingerprint density at radius 2 is 1.81 bits per heavy atom. The topological polar surface area (TPSA) is 119 Å². The molecule has 2 aromatic carbocycles. The molecule has 0 bridgehead atoms. The SMILES string of the molecule is N#CC(=CCC1CCSCC1)C(=O)N1CCC[C@@H](n2c(=O)n(-c3ccc(Oc4ccccc4)cc3)c3c(N)nccc32)C1. The number of amides is 1. The normalized spacial score (nSPS) is 18.0. The molecule has 43 heavy (non-hydrogen) atoms. The summed E-state index contributed by atoms with van der Waals surface area (Å²) >= 11 is 1.96. The Kier molecular flexibility index (Phi) is 8.52. The van der Waals surface area contributed by atoms with E-state index in [-0.39, 0.29) is 29.0 Å². The van der Waals surface area contributed by atoms with Gasteiger partial charge in [-0.2, -0.15) is 17.0 Å². The summed E-state index contributed by atoms with van der Waals surface area (Å²) in [7, 11) is 0. The van der Waals surface area contributed by atoms with Crippen LogP contribution in [0, 0.1) is 17.2 Å². The molecule has 4 aromatic rings. The summed E-state index contributed by atoms with van der Waals surface area (Å²) < 4.78 is 9.24. The van der Waals surface area contributed by atoms with Gasteiger partial charge in [-0.25, -0.2) is 9.78 Å². The summed E-state index contributed by atoms with van der Waals surface area (Å²) in [5.41, 5.74) is 8.11. The highest BCUT2D eigenvalue weighted by atomic mass is 32.2. The molecule has 0 unspecified atom stereocenters. The molecule has 2 fully saturated rings. The van der Waals surface area contributed by atoms with E-state index in [1.165, 1.54) is 0 Å². The number of pyridine rings is 1. The lowest BCUT2D eigenvalue weighted by Crippen LogP contribution is -2.43. The Morgan fingerprint density at radius 1 is 1.07 bits per heavy atom. The minimum absolute atomic E-state index is 0.194. The average molecular weight is 595 g/mol. The van der Waals surface area contributed by atoms with Crippen molar-refractivity contribution in [1.29, 1.82) is 5.26 Å². The minimum atomic E-state index is -0.272. The monoisotopic (exact) mass is 594 g/mol. The third-order valence-corrected chi connectivity index (χ3v) is 9.33. The number of allylic oxidation sites excluding steroid dienone is 1. The number of imidazole rings is 1. The number of hydrogen-bond acceptors (Lipinski definition) is 7. The summed E-state index contributed by atoms with van der Waals surface area (Å²) in [6, 6.07) is 20.4. The van der Waals surface area contributed by atoms with Crippen LogP contribution in [0.2, 0.25) is 0 Å². The van der Waals surface area contributed by atoms with Gasteiger partial charge in [0.2, 0.25) is 0 Å². The molecule has 0 radical (unpaired) electrons. The van der Waals surface area contributed by atoms with Crippen LogP contribution in [0.15, 0.2) is 83.3 Å². The predicted octanol–water partition coefficient (Wildman–Crippen LogP) is 5.71. The number of rotatable bonds is 7. The highest BCUT2D eigenvalue weighted by molar-refractivity contribution is 7.99. The van der Waals surface area contributed by atoms with Crippen LogP contribution in [0.3, 0.4) is 0 Å². The molecule has 4 heterocycles. The summed E-state index contributed by atoms with van der Waals surface area (Å²) in [6.45, 7) is 0.886. The Balaban J connectivity index is 1.28. The minimum Gasteiger partial charge on any atom is -0.457 e. The number of nitrogen functional groups attached to an aromatic ring is 1. The standard InChI is InChI=1S/C33H34N6O3S/c34-21-24(9-8-23-15-19-43-20-16-23)32(40)37-18-4-5-26(22-37)38-29-14-17-36-31(35)30(29)39(33(38)41)25-10-12-28(13-11-25)42-27-6-2-1-3-7-27/h1-3,6-7,9-14,17,23,26H,4-5,8,15-16,18-20,22H2,(H2,35,36)/t26-/m1/s1. The molecule has 2 saturated heterocycles. The van der Waals surface area contributed by atoms with Crippen LogP contribution < -0.4 is 16.2 Å². The third kappa shape index (κ3) is 6.04. The lowest BCUT2D eigenvalue weighted by atomic mass is 9.97. The van der Waals surface area contributed by atoms with Crippen LogP contribution in [-0.4, -0.2) is 49.5 Å². The molecule has 6 rings (SSSR count). The zero-order valence-electron chi connectivity index (χ0n) is 23.9. The molecule has 1 atom stereocenters. The first kappa shape index (κ1) is 28.6. The van der Waals surface area contributed by atoms with E-state index in [0.717, 1.165) is 49.4 Å². The van der Waals surface area contributed by atoms with Gasteiger partial charge in [0.05, 0.1) is 17.2 Å². The van der Waals surface area contributed by atoms with Crippen molar-refractivity contribution < 1.29 is 9.53 Å². The van der Waals surface area contributed by atoms with Crippen LogP contribution in [0.5, 0.6) is 11.5 Å². The summed E-state index contributed by atoms with van der Waals surface area (Å²) in [6.07, 6.45) is 7.85. The number of carbonyl (C=O) groups is 1. The summed E-state index contributed by atoms with van der Waals surface area (Å²) in [5, 5.41) is 9.83. The second-order valence-electron chi connectivity index (χ2n) is 11.0. The van der Waals surface area contributed by atoms with Gasteiger partial charge in [-0.3, -0.25) is 13.9 Å². The number of benzene rings is 2. The number of nitriles is 1. The zero-order chi connectivity index (χ0) is 29.8. The zero-order valence-corrected chi connectivity index (χ0v) is 24.7. The van der Waals surface area contributed by atoms with Gasteiger partial charge in [-0.1, -0.05) is 24.3 Å². The van der Waals surface area contributed by atoms with Gasteiger partial charge in [0, 0.05) is 19.3 Å². The van der Waals surface area contributed by atoms with Crippen LogP contribution in [-0.2, 0) is 4.79 Å². The molecule has 0 aliphatic carbocycles. The van der Waals surface area contributed by atoms with Crippen molar-refractivity contribution in [3.8, 4) is 23.3 Å². The summed E-state index contributed by atoms with van der Waals surface area (Å²) in [5.74, 6) is 4.14. The Labute approximate surface area is 254 Å². The molecule has 2 aliphatic heterocycles. The number of nitrogens with zero attached hydrogens (tertiary/aromatic N) is 5. The van der Waals surface area contributed by atoms with Gasteiger partial charge < -0.3 is 15.4 Å². The first-order valence-corrected chi connectivity index (χ1v) is 15.9. The number of hydrogen-bond donors (Lipinski definition) is 1.